The molecule has 0 saturated heterocycles. The van der Waals surface area contributed by atoms with Gasteiger partial charge in [-0.25, -0.2) is 9.37 Å². The molecule has 28 heavy (non-hydrogen) atoms. The van der Waals surface area contributed by atoms with Crippen LogP contribution in [0.15, 0.2) is 30.5 Å². The molecule has 3 rings (SSSR count). The molecule has 1 aliphatic carbocycles. The Kier molecular flexibility index (Phi) is 7.34. The van der Waals surface area contributed by atoms with Gasteiger partial charge in [-0.1, -0.05) is 32.6 Å². The molecular formula is C22H30FN5. The number of hydrogen-bond acceptors (Lipinski definition) is 5. The average molecular weight is 384 g/mol. The number of benzene rings is 1. The van der Waals surface area contributed by atoms with Crippen LogP contribution in [0.1, 0.15) is 63.0 Å². The van der Waals surface area contributed by atoms with Crippen LogP contribution in [0.5, 0.6) is 0 Å². The fraction of sp³-hybridized carbons (Fsp3) is 0.500. The second-order valence-corrected chi connectivity index (χ2v) is 7.50. The van der Waals surface area contributed by atoms with Crippen molar-refractivity contribution in [3.05, 3.63) is 47.4 Å². The van der Waals surface area contributed by atoms with Crippen molar-refractivity contribution < 1.29 is 4.39 Å². The number of nitrogens with one attached hydrogen (secondary N) is 3. The molecule has 1 aliphatic rings. The summed E-state index contributed by atoms with van der Waals surface area (Å²) < 4.78 is 13.2. The van der Waals surface area contributed by atoms with Crippen LogP contribution in [0.4, 0.5) is 16.2 Å². The van der Waals surface area contributed by atoms with Gasteiger partial charge in [-0.15, -0.1) is 0 Å². The van der Waals surface area contributed by atoms with Crippen molar-refractivity contribution in [2.24, 2.45) is 5.92 Å². The van der Waals surface area contributed by atoms with E-state index in [1.807, 2.05) is 0 Å². The first-order valence-electron chi connectivity index (χ1n) is 10.4. The van der Waals surface area contributed by atoms with E-state index in [0.717, 1.165) is 25.9 Å². The highest BCUT2D eigenvalue weighted by atomic mass is 19.1. The van der Waals surface area contributed by atoms with Crippen molar-refractivity contribution >= 4 is 17.5 Å². The van der Waals surface area contributed by atoms with E-state index in [-0.39, 0.29) is 5.82 Å². The van der Waals surface area contributed by atoms with Crippen LogP contribution in [0.25, 0.3) is 0 Å². The normalized spacial score (nSPS) is 14.6. The number of anilines is 2. The van der Waals surface area contributed by atoms with E-state index in [0.29, 0.717) is 34.5 Å². The Labute approximate surface area is 166 Å². The first-order chi connectivity index (χ1) is 13.7. The van der Waals surface area contributed by atoms with Crippen molar-refractivity contribution in [3.63, 3.8) is 0 Å². The van der Waals surface area contributed by atoms with E-state index in [2.05, 4.69) is 27.5 Å². The minimum atomic E-state index is -0.307. The Balaban J connectivity index is 1.79. The molecule has 0 amide bonds. The van der Waals surface area contributed by atoms with E-state index in [9.17, 15) is 4.39 Å². The zero-order valence-electron chi connectivity index (χ0n) is 16.6. The highest BCUT2D eigenvalue weighted by Gasteiger charge is 2.17. The van der Waals surface area contributed by atoms with Crippen LogP contribution in [-0.4, -0.2) is 28.8 Å². The lowest BCUT2D eigenvalue weighted by atomic mass is 9.89. The molecule has 1 saturated carbocycles. The number of aromatic nitrogens is 2. The van der Waals surface area contributed by atoms with Gasteiger partial charge in [-0.2, -0.15) is 4.98 Å². The lowest BCUT2D eigenvalue weighted by Gasteiger charge is -2.23. The monoisotopic (exact) mass is 383 g/mol. The van der Waals surface area contributed by atoms with Crippen LogP contribution >= 0.6 is 0 Å². The predicted octanol–water partition coefficient (Wildman–Crippen LogP) is 5.24. The molecule has 0 atom stereocenters. The number of nitrogens with zero attached hydrogens (tertiary/aromatic N) is 2. The van der Waals surface area contributed by atoms with Crippen molar-refractivity contribution in [1.29, 1.82) is 5.41 Å². The lowest BCUT2D eigenvalue weighted by Crippen LogP contribution is -2.20. The predicted molar refractivity (Wildman–Crippen MR) is 113 cm³/mol. The van der Waals surface area contributed by atoms with Crippen LogP contribution in [0.3, 0.4) is 0 Å². The van der Waals surface area contributed by atoms with Gasteiger partial charge in [-0.05, 0) is 49.4 Å². The Morgan fingerprint density at radius 2 is 1.89 bits per heavy atom. The van der Waals surface area contributed by atoms with Crippen LogP contribution in [0, 0.1) is 17.1 Å². The number of rotatable bonds is 9. The first-order valence-corrected chi connectivity index (χ1v) is 10.4. The van der Waals surface area contributed by atoms with Crippen LogP contribution in [0.2, 0.25) is 0 Å². The van der Waals surface area contributed by atoms with Gasteiger partial charge in [0.2, 0.25) is 5.95 Å². The second-order valence-electron chi connectivity index (χ2n) is 7.50. The Hall–Kier alpha value is -2.50. The smallest absolute Gasteiger partial charge is 0.224 e. The van der Waals surface area contributed by atoms with Gasteiger partial charge in [0.1, 0.15) is 11.6 Å². The molecular weight excluding hydrogens is 353 g/mol. The quantitative estimate of drug-likeness (QED) is 0.409. The van der Waals surface area contributed by atoms with Gasteiger partial charge in [-0.3, -0.25) is 5.41 Å². The van der Waals surface area contributed by atoms with Gasteiger partial charge < -0.3 is 10.6 Å². The lowest BCUT2D eigenvalue weighted by molar-refractivity contribution is 0.373. The molecule has 0 bridgehead atoms. The van der Waals surface area contributed by atoms with E-state index in [4.69, 9.17) is 5.41 Å². The van der Waals surface area contributed by atoms with Crippen molar-refractivity contribution in [3.8, 4) is 0 Å². The zero-order valence-corrected chi connectivity index (χ0v) is 16.6. The topological polar surface area (TPSA) is 73.7 Å². The standard InChI is InChI=1S/C22H30FN5/c1-2-3-13-25-22-27-15-19(20(24)17-9-11-18(23)12-10-17)21(28-22)26-14-16-7-5-4-6-8-16/h9-12,15-16,24H,2-8,13-14H2,1H3,(H2,25,26,27,28). The summed E-state index contributed by atoms with van der Waals surface area (Å²) in [6, 6.07) is 5.99. The average Bonchev–Trinajstić information content (AvgIpc) is 2.73. The van der Waals surface area contributed by atoms with Gasteiger partial charge in [0.05, 0.1) is 11.3 Å². The fourth-order valence-electron chi connectivity index (χ4n) is 3.57. The first kappa shape index (κ1) is 20.2. The molecule has 3 N–H and O–H groups in total. The van der Waals surface area contributed by atoms with E-state index in [1.165, 1.54) is 44.2 Å². The maximum atomic E-state index is 13.2. The summed E-state index contributed by atoms with van der Waals surface area (Å²) in [6.45, 7) is 3.83. The zero-order chi connectivity index (χ0) is 19.8. The second kappa shape index (κ2) is 10.2. The summed E-state index contributed by atoms with van der Waals surface area (Å²) in [5.74, 6) is 1.59. The molecule has 0 aliphatic heterocycles. The summed E-state index contributed by atoms with van der Waals surface area (Å²) in [4.78, 5) is 9.04. The van der Waals surface area contributed by atoms with E-state index < -0.39 is 0 Å². The molecule has 150 valence electrons. The fourth-order valence-corrected chi connectivity index (χ4v) is 3.57. The maximum Gasteiger partial charge on any atom is 0.224 e. The SMILES string of the molecule is CCCCNc1ncc(C(=N)c2ccc(F)cc2)c(NCC2CCCCC2)n1. The molecule has 2 aromatic rings. The highest BCUT2D eigenvalue weighted by Crippen LogP contribution is 2.25. The third-order valence-electron chi connectivity index (χ3n) is 5.29. The van der Waals surface area contributed by atoms with Crippen LogP contribution < -0.4 is 10.6 Å². The molecule has 0 spiro atoms. The number of hydrogen-bond donors (Lipinski definition) is 3. The van der Waals surface area contributed by atoms with Crippen molar-refractivity contribution in [1.82, 2.24) is 9.97 Å². The largest absolute Gasteiger partial charge is 0.369 e. The molecule has 0 unspecified atom stereocenters. The molecule has 1 fully saturated rings. The molecule has 1 aromatic carbocycles. The Morgan fingerprint density at radius 3 is 2.61 bits per heavy atom. The Morgan fingerprint density at radius 1 is 1.14 bits per heavy atom. The maximum absolute atomic E-state index is 13.2. The Bertz CT molecular complexity index is 769. The van der Waals surface area contributed by atoms with Crippen molar-refractivity contribution in [2.45, 2.75) is 51.9 Å². The molecule has 5 nitrogen and oxygen atoms in total. The van der Waals surface area contributed by atoms with E-state index in [1.54, 1.807) is 18.3 Å². The summed E-state index contributed by atoms with van der Waals surface area (Å²) in [5.41, 5.74) is 1.59. The third-order valence-corrected chi connectivity index (χ3v) is 5.29. The number of halogens is 1. The van der Waals surface area contributed by atoms with Crippen LogP contribution in [-0.2, 0) is 0 Å². The highest BCUT2D eigenvalue weighted by molar-refractivity contribution is 6.13. The molecule has 0 radical (unpaired) electrons. The minimum Gasteiger partial charge on any atom is -0.369 e. The summed E-state index contributed by atoms with van der Waals surface area (Å²) in [6.07, 6.45) is 10.2. The third kappa shape index (κ3) is 5.50. The van der Waals surface area contributed by atoms with Gasteiger partial charge in [0.15, 0.2) is 0 Å². The van der Waals surface area contributed by atoms with Gasteiger partial charge in [0, 0.05) is 24.8 Å². The molecule has 1 aromatic heterocycles. The van der Waals surface area contributed by atoms with Gasteiger partial charge >= 0.3 is 0 Å². The molecule has 6 heteroatoms. The number of unbranched alkanes of at least 4 members (excludes halogenated alkanes) is 1. The van der Waals surface area contributed by atoms with Gasteiger partial charge in [0.25, 0.3) is 0 Å². The van der Waals surface area contributed by atoms with Crippen molar-refractivity contribution in [2.75, 3.05) is 23.7 Å². The molecule has 1 heterocycles. The minimum absolute atomic E-state index is 0.297. The summed E-state index contributed by atoms with van der Waals surface area (Å²) in [7, 11) is 0. The summed E-state index contributed by atoms with van der Waals surface area (Å²) >= 11 is 0. The summed E-state index contributed by atoms with van der Waals surface area (Å²) in [5, 5.41) is 15.3. The van der Waals surface area contributed by atoms with E-state index >= 15 is 0 Å².